The van der Waals surface area contributed by atoms with Crippen molar-refractivity contribution in [2.75, 3.05) is 31.7 Å². The van der Waals surface area contributed by atoms with E-state index in [1.165, 1.54) is 12.1 Å². The van der Waals surface area contributed by atoms with E-state index in [-0.39, 0.29) is 23.9 Å². The predicted octanol–water partition coefficient (Wildman–Crippen LogP) is 2.00. The van der Waals surface area contributed by atoms with Crippen molar-refractivity contribution in [1.29, 1.82) is 0 Å². The molecule has 0 radical (unpaired) electrons. The van der Waals surface area contributed by atoms with Crippen LogP contribution in [0.15, 0.2) is 18.2 Å². The van der Waals surface area contributed by atoms with Gasteiger partial charge in [-0.2, -0.15) is 0 Å². The fraction of sp³-hybridized carbons (Fsp3) is 0.417. The van der Waals surface area contributed by atoms with Crippen molar-refractivity contribution in [3.63, 3.8) is 0 Å². The van der Waals surface area contributed by atoms with Gasteiger partial charge in [-0.1, -0.05) is 11.6 Å². The molecule has 7 heteroatoms. The smallest absolute Gasteiger partial charge is 0.319 e. The summed E-state index contributed by atoms with van der Waals surface area (Å²) in [7, 11) is 0. The summed E-state index contributed by atoms with van der Waals surface area (Å²) in [6.07, 6.45) is 0.615. The van der Waals surface area contributed by atoms with E-state index >= 15 is 0 Å². The van der Waals surface area contributed by atoms with Gasteiger partial charge in [0.25, 0.3) is 0 Å². The third-order valence-corrected chi connectivity index (χ3v) is 2.49. The number of benzene rings is 1. The first-order valence-corrected chi connectivity index (χ1v) is 6.20. The number of anilines is 1. The Morgan fingerprint density at radius 3 is 2.95 bits per heavy atom. The molecule has 0 fully saturated rings. The molecule has 2 amide bonds. The van der Waals surface area contributed by atoms with Crippen LogP contribution in [0.3, 0.4) is 0 Å². The predicted molar refractivity (Wildman–Crippen MR) is 71.0 cm³/mol. The van der Waals surface area contributed by atoms with E-state index in [1.807, 2.05) is 0 Å². The van der Waals surface area contributed by atoms with E-state index in [2.05, 4.69) is 10.6 Å². The van der Waals surface area contributed by atoms with Crippen molar-refractivity contribution in [3.05, 3.63) is 29.0 Å². The summed E-state index contributed by atoms with van der Waals surface area (Å²) in [6, 6.07) is 3.26. The van der Waals surface area contributed by atoms with Gasteiger partial charge in [0.15, 0.2) is 0 Å². The largest absolute Gasteiger partial charge is 0.394 e. The molecule has 0 aromatic heterocycles. The number of halogens is 2. The number of carbonyl (C=O) groups is 1. The van der Waals surface area contributed by atoms with Crippen molar-refractivity contribution >= 4 is 23.3 Å². The number of hydrogen-bond donors (Lipinski definition) is 3. The molecule has 0 aliphatic carbocycles. The Balaban J connectivity index is 2.25. The van der Waals surface area contributed by atoms with Gasteiger partial charge in [0.1, 0.15) is 5.82 Å². The number of hydrogen-bond acceptors (Lipinski definition) is 3. The van der Waals surface area contributed by atoms with Gasteiger partial charge < -0.3 is 20.5 Å². The number of ether oxygens (including phenoxy) is 1. The number of carbonyl (C=O) groups excluding carboxylic acids is 1. The topological polar surface area (TPSA) is 70.6 Å². The summed E-state index contributed by atoms with van der Waals surface area (Å²) in [6.45, 7) is 1.11. The van der Waals surface area contributed by atoms with Gasteiger partial charge in [-0.3, -0.25) is 0 Å². The van der Waals surface area contributed by atoms with Gasteiger partial charge in [-0.05, 0) is 24.6 Å². The zero-order chi connectivity index (χ0) is 14.1. The summed E-state index contributed by atoms with van der Waals surface area (Å²) in [4.78, 5) is 11.5. The van der Waals surface area contributed by atoms with Crippen LogP contribution in [0.5, 0.6) is 0 Å². The lowest BCUT2D eigenvalue weighted by molar-refractivity contribution is 0.0910. The highest BCUT2D eigenvalue weighted by Gasteiger charge is 2.06. The minimum Gasteiger partial charge on any atom is -0.394 e. The Bertz CT molecular complexity index is 418. The zero-order valence-corrected chi connectivity index (χ0v) is 11.0. The maximum atomic E-state index is 13.0. The van der Waals surface area contributed by atoms with Crippen molar-refractivity contribution in [1.82, 2.24) is 5.32 Å². The number of amides is 2. The van der Waals surface area contributed by atoms with E-state index in [1.54, 1.807) is 0 Å². The molecule has 0 unspecified atom stereocenters. The summed E-state index contributed by atoms with van der Waals surface area (Å²) in [5.41, 5.74) is 0.218. The van der Waals surface area contributed by atoms with Gasteiger partial charge in [0, 0.05) is 13.2 Å². The molecule has 1 rings (SSSR count). The quantitative estimate of drug-likeness (QED) is 0.673. The standard InChI is InChI=1S/C12H16ClFN2O3/c13-10-3-2-9(14)8-11(10)16-12(18)15-4-1-6-19-7-5-17/h2-3,8,17H,1,4-7H2,(H2,15,16,18). The van der Waals surface area contributed by atoms with Crippen LogP contribution in [0.4, 0.5) is 14.9 Å². The summed E-state index contributed by atoms with van der Waals surface area (Å²) in [5.74, 6) is -0.475. The van der Waals surface area contributed by atoms with E-state index in [0.29, 0.717) is 19.6 Å². The monoisotopic (exact) mass is 290 g/mol. The molecule has 0 saturated carbocycles. The molecular formula is C12H16ClFN2O3. The summed E-state index contributed by atoms with van der Waals surface area (Å²) < 4.78 is 18.0. The van der Waals surface area contributed by atoms with Crippen molar-refractivity contribution in [2.24, 2.45) is 0 Å². The number of aliphatic hydroxyl groups excluding tert-OH is 1. The Morgan fingerprint density at radius 2 is 2.21 bits per heavy atom. The first kappa shape index (κ1) is 15.7. The molecule has 1 aromatic rings. The lowest BCUT2D eigenvalue weighted by atomic mass is 10.3. The number of aliphatic hydroxyl groups is 1. The highest BCUT2D eigenvalue weighted by molar-refractivity contribution is 6.33. The lowest BCUT2D eigenvalue weighted by Crippen LogP contribution is -2.30. The van der Waals surface area contributed by atoms with E-state index in [0.717, 1.165) is 6.07 Å². The average Bonchev–Trinajstić information content (AvgIpc) is 2.38. The molecule has 1 aromatic carbocycles. The molecule has 0 aliphatic rings. The van der Waals surface area contributed by atoms with Gasteiger partial charge in [0.2, 0.25) is 0 Å². The number of urea groups is 1. The van der Waals surface area contributed by atoms with Crippen LogP contribution in [0.2, 0.25) is 5.02 Å². The Labute approximate surface area is 115 Å². The van der Waals surface area contributed by atoms with Crippen molar-refractivity contribution < 1.29 is 19.0 Å². The molecule has 19 heavy (non-hydrogen) atoms. The van der Waals surface area contributed by atoms with E-state index in [9.17, 15) is 9.18 Å². The Hall–Kier alpha value is -1.37. The maximum Gasteiger partial charge on any atom is 0.319 e. The van der Waals surface area contributed by atoms with Crippen LogP contribution in [0, 0.1) is 5.82 Å². The minimum atomic E-state index is -0.475. The van der Waals surface area contributed by atoms with E-state index in [4.69, 9.17) is 21.4 Å². The van der Waals surface area contributed by atoms with E-state index < -0.39 is 11.8 Å². The van der Waals surface area contributed by atoms with Crippen LogP contribution in [0.1, 0.15) is 6.42 Å². The first-order valence-electron chi connectivity index (χ1n) is 5.82. The molecule has 0 aliphatic heterocycles. The SMILES string of the molecule is O=C(NCCCOCCO)Nc1cc(F)ccc1Cl. The molecule has 3 N–H and O–H groups in total. The van der Waals surface area contributed by atoms with Gasteiger partial charge in [0.05, 0.1) is 23.9 Å². The second kappa shape index (κ2) is 8.68. The van der Waals surface area contributed by atoms with Gasteiger partial charge >= 0.3 is 6.03 Å². The highest BCUT2D eigenvalue weighted by Crippen LogP contribution is 2.22. The number of nitrogens with one attached hydrogen (secondary N) is 2. The van der Waals surface area contributed by atoms with Gasteiger partial charge in [-0.15, -0.1) is 0 Å². The first-order chi connectivity index (χ1) is 9.13. The molecule has 0 atom stereocenters. The summed E-state index contributed by atoms with van der Waals surface area (Å²) in [5, 5.41) is 13.8. The van der Waals surface area contributed by atoms with Crippen LogP contribution in [-0.4, -0.2) is 37.5 Å². The third kappa shape index (κ3) is 6.37. The number of rotatable bonds is 7. The van der Waals surface area contributed by atoms with Crippen LogP contribution in [0.25, 0.3) is 0 Å². The Morgan fingerprint density at radius 1 is 1.42 bits per heavy atom. The third-order valence-electron chi connectivity index (χ3n) is 2.16. The molecule has 0 heterocycles. The second-order valence-electron chi connectivity index (χ2n) is 3.69. The molecule has 106 valence electrons. The highest BCUT2D eigenvalue weighted by atomic mass is 35.5. The normalized spacial score (nSPS) is 10.3. The fourth-order valence-electron chi connectivity index (χ4n) is 1.30. The summed E-state index contributed by atoms with van der Waals surface area (Å²) >= 11 is 5.81. The van der Waals surface area contributed by atoms with Crippen molar-refractivity contribution in [2.45, 2.75) is 6.42 Å². The molecular weight excluding hydrogens is 275 g/mol. The molecule has 0 bridgehead atoms. The van der Waals surface area contributed by atoms with Gasteiger partial charge in [-0.25, -0.2) is 9.18 Å². The molecule has 0 saturated heterocycles. The fourth-order valence-corrected chi connectivity index (χ4v) is 1.47. The van der Waals surface area contributed by atoms with Crippen LogP contribution < -0.4 is 10.6 Å². The second-order valence-corrected chi connectivity index (χ2v) is 4.10. The average molecular weight is 291 g/mol. The Kier molecular flexibility index (Phi) is 7.17. The van der Waals surface area contributed by atoms with Crippen molar-refractivity contribution in [3.8, 4) is 0 Å². The van der Waals surface area contributed by atoms with Crippen LogP contribution in [-0.2, 0) is 4.74 Å². The zero-order valence-electron chi connectivity index (χ0n) is 10.3. The maximum absolute atomic E-state index is 13.0. The van der Waals surface area contributed by atoms with Crippen LogP contribution >= 0.6 is 11.6 Å². The molecule has 5 nitrogen and oxygen atoms in total. The minimum absolute atomic E-state index is 0.0218. The molecule has 0 spiro atoms. The lowest BCUT2D eigenvalue weighted by Gasteiger charge is -2.09.